The van der Waals surface area contributed by atoms with Crippen LogP contribution in [-0.2, 0) is 52.4 Å². The van der Waals surface area contributed by atoms with Crippen molar-refractivity contribution in [1.29, 1.82) is 0 Å². The van der Waals surface area contributed by atoms with Gasteiger partial charge in [0, 0.05) is 37.1 Å². The number of aliphatic hydroxyl groups is 1. The average Bonchev–Trinajstić information content (AvgIpc) is 3.30. The summed E-state index contributed by atoms with van der Waals surface area (Å²) in [6, 6.07) is 0. The molecule has 0 aliphatic heterocycles. The minimum absolute atomic E-state index is 0.0565. The molecule has 0 aromatic carbocycles. The Bertz CT molecular complexity index is 1500. The Balaban J connectivity index is 6.00. The lowest BCUT2D eigenvalue weighted by atomic mass is 9.86. The molecule has 0 rings (SSSR count). The smallest absolute Gasteiger partial charge is 0.311 e. The summed E-state index contributed by atoms with van der Waals surface area (Å²) in [4.78, 5) is 83.7. The van der Waals surface area contributed by atoms with E-state index in [2.05, 4.69) is 27.7 Å². The quantitative estimate of drug-likeness (QED) is 0.0263. The second-order valence-electron chi connectivity index (χ2n) is 22.6. The molecule has 72 heavy (non-hydrogen) atoms. The Morgan fingerprint density at radius 2 is 0.847 bits per heavy atom. The molecule has 0 heterocycles. The highest BCUT2D eigenvalue weighted by molar-refractivity contribution is 8.13. The number of aliphatic hydroxyl groups excluding tert-OH is 1. The van der Waals surface area contributed by atoms with Gasteiger partial charge in [-0.1, -0.05) is 130 Å². The van der Waals surface area contributed by atoms with Crippen LogP contribution in [-0.4, -0.2) is 134 Å². The van der Waals surface area contributed by atoms with Crippen LogP contribution in [0.15, 0.2) is 0 Å². The number of unbranched alkanes of at least 4 members (excludes halogenated alkanes) is 8. The number of carbonyl (C=O) groups excluding carboxylic acids is 6. The lowest BCUT2D eigenvalue weighted by Crippen LogP contribution is -2.38. The third-order valence-electron chi connectivity index (χ3n) is 13.1. The molecule has 0 fully saturated rings. The molecule has 0 aliphatic rings. The standard InChI is InChI=1S/C56H104N2O13S/c1-15-19-23-32-53(5,6)48(61)66-40-44(41-67-49(62)54(7,8)33-24-20-16-2)70-46(59)30-27-37-58(52(65)72-39-29-36-57(13)14)38-28-31-47(60)71-45(42-68-50(63)55(9,10)34-25-21-17-3)43-69-51(64)56(11,12)35-26-22-18-4/h44-45,48,61H,15-43H2,1-14H3. The van der Waals surface area contributed by atoms with Gasteiger partial charge < -0.3 is 43.3 Å². The summed E-state index contributed by atoms with van der Waals surface area (Å²) in [6.45, 7) is 23.5. The predicted octanol–water partition coefficient (Wildman–Crippen LogP) is 11.9. The third kappa shape index (κ3) is 31.7. The van der Waals surface area contributed by atoms with Crippen molar-refractivity contribution in [2.75, 3.05) is 65.9 Å². The zero-order valence-electron chi connectivity index (χ0n) is 47.9. The molecule has 0 aliphatic carbocycles. The van der Waals surface area contributed by atoms with Gasteiger partial charge in [0.15, 0.2) is 18.5 Å². The zero-order chi connectivity index (χ0) is 54.8. The Hall–Kier alpha value is -2.95. The van der Waals surface area contributed by atoms with Crippen molar-refractivity contribution in [2.24, 2.45) is 21.7 Å². The van der Waals surface area contributed by atoms with Crippen molar-refractivity contribution < 1.29 is 62.3 Å². The molecule has 0 bridgehead atoms. The van der Waals surface area contributed by atoms with E-state index in [1.807, 2.05) is 74.4 Å². The van der Waals surface area contributed by atoms with Gasteiger partial charge in [-0.3, -0.25) is 28.8 Å². The molecular weight excluding hydrogens is 941 g/mol. The van der Waals surface area contributed by atoms with E-state index in [0.717, 1.165) is 96.4 Å². The van der Waals surface area contributed by atoms with E-state index in [4.69, 9.17) is 28.4 Å². The number of rotatable bonds is 43. The number of hydrogen-bond donors (Lipinski definition) is 1. The highest BCUT2D eigenvalue weighted by Gasteiger charge is 2.34. The van der Waals surface area contributed by atoms with Gasteiger partial charge in [-0.2, -0.15) is 0 Å². The summed E-state index contributed by atoms with van der Waals surface area (Å²) in [5.74, 6) is -1.84. The first-order chi connectivity index (χ1) is 33.8. The van der Waals surface area contributed by atoms with Gasteiger partial charge >= 0.3 is 29.8 Å². The molecule has 15 nitrogen and oxygen atoms in total. The first-order valence-electron chi connectivity index (χ1n) is 27.5. The highest BCUT2D eigenvalue weighted by Crippen LogP contribution is 2.31. The number of ether oxygens (including phenoxy) is 6. The lowest BCUT2D eigenvalue weighted by molar-refractivity contribution is -0.196. The normalized spacial score (nSPS) is 13.2. The fraction of sp³-hybridized carbons (Fsp3) is 0.893. The number of hydrogen-bond acceptors (Lipinski definition) is 15. The molecule has 2 atom stereocenters. The first kappa shape index (κ1) is 69.0. The number of carbonyl (C=O) groups is 6. The number of nitrogens with zero attached hydrogens (tertiary/aromatic N) is 2. The van der Waals surface area contributed by atoms with Crippen LogP contribution < -0.4 is 0 Å². The predicted molar refractivity (Wildman–Crippen MR) is 287 cm³/mol. The fourth-order valence-electron chi connectivity index (χ4n) is 7.70. The highest BCUT2D eigenvalue weighted by atomic mass is 32.2. The van der Waals surface area contributed by atoms with Crippen molar-refractivity contribution in [2.45, 2.75) is 236 Å². The van der Waals surface area contributed by atoms with Gasteiger partial charge in [0.1, 0.15) is 19.8 Å². The van der Waals surface area contributed by atoms with Crippen molar-refractivity contribution in [3.05, 3.63) is 0 Å². The van der Waals surface area contributed by atoms with Crippen LogP contribution in [0.25, 0.3) is 0 Å². The van der Waals surface area contributed by atoms with Crippen LogP contribution in [0.1, 0.15) is 218 Å². The maximum atomic E-state index is 13.6. The minimum atomic E-state index is -1.14. The molecule has 0 saturated heterocycles. The molecule has 0 radical (unpaired) electrons. The monoisotopic (exact) mass is 1040 g/mol. The summed E-state index contributed by atoms with van der Waals surface area (Å²) >= 11 is 1.18. The molecule has 0 saturated carbocycles. The topological polar surface area (TPSA) is 185 Å². The maximum Gasteiger partial charge on any atom is 0.311 e. The van der Waals surface area contributed by atoms with Crippen LogP contribution in [0.4, 0.5) is 4.79 Å². The van der Waals surface area contributed by atoms with Crippen LogP contribution in [0.5, 0.6) is 0 Å². The van der Waals surface area contributed by atoms with Gasteiger partial charge in [0.2, 0.25) is 0 Å². The van der Waals surface area contributed by atoms with Crippen LogP contribution in [0, 0.1) is 21.7 Å². The summed E-state index contributed by atoms with van der Waals surface area (Å²) in [5, 5.41) is 10.8. The molecule has 2 unspecified atom stereocenters. The molecule has 422 valence electrons. The Kier molecular flexibility index (Phi) is 36.2. The van der Waals surface area contributed by atoms with E-state index in [-0.39, 0.29) is 70.4 Å². The van der Waals surface area contributed by atoms with Crippen molar-refractivity contribution in [1.82, 2.24) is 9.80 Å². The van der Waals surface area contributed by atoms with E-state index >= 15 is 0 Å². The van der Waals surface area contributed by atoms with Gasteiger partial charge in [0.05, 0.1) is 22.9 Å². The largest absolute Gasteiger partial charge is 0.461 e. The second kappa shape index (κ2) is 37.7. The van der Waals surface area contributed by atoms with Crippen LogP contribution in [0.3, 0.4) is 0 Å². The number of thioether (sulfide) groups is 1. The van der Waals surface area contributed by atoms with Crippen LogP contribution in [0.2, 0.25) is 0 Å². The summed E-state index contributed by atoms with van der Waals surface area (Å²) in [5.41, 5.74) is -2.78. The van der Waals surface area contributed by atoms with Crippen molar-refractivity contribution in [3.8, 4) is 0 Å². The number of amides is 1. The molecule has 0 aromatic heterocycles. The molecule has 16 heteroatoms. The van der Waals surface area contributed by atoms with Crippen LogP contribution >= 0.6 is 11.8 Å². The molecule has 1 amide bonds. The maximum absolute atomic E-state index is 13.6. The Morgan fingerprint density at radius 3 is 1.21 bits per heavy atom. The third-order valence-corrected chi connectivity index (χ3v) is 14.1. The van der Waals surface area contributed by atoms with Gasteiger partial charge in [0.25, 0.3) is 5.24 Å². The SMILES string of the molecule is CCCCCC(C)(C)C(=O)OCC(COC(=O)C(C)(C)CCCCC)OC(=O)CCCN(CCCC(=O)OC(COC(=O)C(C)(C)CCCCC)COC(O)C(C)(C)CCCCC)C(=O)SCCCN(C)C. The van der Waals surface area contributed by atoms with E-state index < -0.39 is 70.0 Å². The lowest BCUT2D eigenvalue weighted by Gasteiger charge is -2.31. The van der Waals surface area contributed by atoms with E-state index in [0.29, 0.717) is 25.0 Å². The molecular formula is C56H104N2O13S. The average molecular weight is 1050 g/mol. The zero-order valence-corrected chi connectivity index (χ0v) is 48.7. The van der Waals surface area contributed by atoms with Crippen molar-refractivity contribution in [3.63, 3.8) is 0 Å². The summed E-state index contributed by atoms with van der Waals surface area (Å²) < 4.78 is 34.6. The van der Waals surface area contributed by atoms with Gasteiger partial charge in [-0.15, -0.1) is 0 Å². The van der Waals surface area contributed by atoms with E-state index in [1.165, 1.54) is 11.8 Å². The van der Waals surface area contributed by atoms with Gasteiger partial charge in [-0.05, 0) is 107 Å². The van der Waals surface area contributed by atoms with Crippen molar-refractivity contribution >= 4 is 46.8 Å². The summed E-state index contributed by atoms with van der Waals surface area (Å²) in [6.07, 6.45) is 12.3. The fourth-order valence-corrected chi connectivity index (χ4v) is 8.52. The van der Waals surface area contributed by atoms with E-state index in [9.17, 15) is 33.9 Å². The molecule has 0 aromatic rings. The minimum Gasteiger partial charge on any atom is -0.461 e. The number of esters is 5. The molecule has 0 spiro atoms. The molecule has 1 N–H and O–H groups in total. The Labute approximate surface area is 441 Å². The summed E-state index contributed by atoms with van der Waals surface area (Å²) in [7, 11) is 3.93. The first-order valence-corrected chi connectivity index (χ1v) is 28.5. The Morgan fingerprint density at radius 1 is 0.486 bits per heavy atom. The second-order valence-corrected chi connectivity index (χ2v) is 23.7. The van der Waals surface area contributed by atoms with E-state index in [1.54, 1.807) is 4.90 Å². The van der Waals surface area contributed by atoms with Gasteiger partial charge in [-0.25, -0.2) is 0 Å².